The molecule has 0 atom stereocenters. The van der Waals surface area contributed by atoms with E-state index in [1.165, 1.54) is 11.3 Å². The zero-order valence-electron chi connectivity index (χ0n) is 20.0. The molecule has 0 aliphatic heterocycles. The molecule has 2 aromatic carbocycles. The molecular formula is C27H23BrN6OS. The van der Waals surface area contributed by atoms with Gasteiger partial charge in [0.1, 0.15) is 0 Å². The second kappa shape index (κ2) is 10.0. The van der Waals surface area contributed by atoms with Gasteiger partial charge in [0.05, 0.1) is 22.8 Å². The fourth-order valence-corrected chi connectivity index (χ4v) is 4.96. The predicted molar refractivity (Wildman–Crippen MR) is 148 cm³/mol. The van der Waals surface area contributed by atoms with E-state index in [1.807, 2.05) is 97.7 Å². The lowest BCUT2D eigenvalue weighted by Crippen LogP contribution is -2.20. The van der Waals surface area contributed by atoms with Gasteiger partial charge in [-0.15, -0.1) is 11.3 Å². The maximum absolute atomic E-state index is 13.5. The molecule has 9 heteroatoms. The zero-order chi connectivity index (χ0) is 25.2. The number of pyridine rings is 1. The Bertz CT molecular complexity index is 1680. The number of para-hydroxylation sites is 1. The average Bonchev–Trinajstić information content (AvgIpc) is 3.39. The van der Waals surface area contributed by atoms with Crippen LogP contribution in [0.2, 0.25) is 0 Å². The van der Waals surface area contributed by atoms with Crippen molar-refractivity contribution in [2.45, 2.75) is 13.8 Å². The molecule has 180 valence electrons. The molecule has 0 saturated heterocycles. The zero-order valence-corrected chi connectivity index (χ0v) is 22.4. The number of nitrogens with zero attached hydrogens (tertiary/aromatic N) is 6. The first-order valence-corrected chi connectivity index (χ1v) is 12.9. The summed E-state index contributed by atoms with van der Waals surface area (Å²) in [6.45, 7) is 3.84. The standard InChI is InChI=1S/C27H23BrN6OS/c1-18(21-8-7-15-29-16-21)31-33-24(20-11-13-22(28)14-12-20)17-36-27(33)30-25-19(2)32(3)34(26(25)35)23-9-5-4-6-10-23/h4-17H,1-3H3. The second-order valence-corrected chi connectivity index (χ2v) is 9.92. The quantitative estimate of drug-likeness (QED) is 0.260. The highest BCUT2D eigenvalue weighted by Crippen LogP contribution is 2.24. The SMILES string of the molecule is CC(=Nn1c(-c2ccc(Br)cc2)csc1=Nc1c(C)n(C)n(-c2ccccc2)c1=O)c1cccnc1. The topological polar surface area (TPSA) is 69.5 Å². The summed E-state index contributed by atoms with van der Waals surface area (Å²) in [6, 6.07) is 21.4. The molecule has 0 saturated carbocycles. The van der Waals surface area contributed by atoms with Crippen LogP contribution in [0.5, 0.6) is 0 Å². The fraction of sp³-hybridized carbons (Fsp3) is 0.111. The third-order valence-corrected chi connectivity index (χ3v) is 7.23. The van der Waals surface area contributed by atoms with Crippen molar-refractivity contribution in [1.82, 2.24) is 19.0 Å². The van der Waals surface area contributed by atoms with E-state index < -0.39 is 0 Å². The van der Waals surface area contributed by atoms with Crippen molar-refractivity contribution < 1.29 is 0 Å². The van der Waals surface area contributed by atoms with Crippen molar-refractivity contribution in [3.05, 3.63) is 115 Å². The number of thiazole rings is 1. The first-order chi connectivity index (χ1) is 17.4. The minimum Gasteiger partial charge on any atom is -0.283 e. The van der Waals surface area contributed by atoms with Gasteiger partial charge in [-0.3, -0.25) is 14.5 Å². The van der Waals surface area contributed by atoms with E-state index in [4.69, 9.17) is 10.1 Å². The van der Waals surface area contributed by atoms with Crippen molar-refractivity contribution in [1.29, 1.82) is 0 Å². The van der Waals surface area contributed by atoms with Crippen LogP contribution in [0.15, 0.2) is 104 Å². The van der Waals surface area contributed by atoms with Crippen LogP contribution in [0, 0.1) is 6.92 Å². The van der Waals surface area contributed by atoms with E-state index >= 15 is 0 Å². The lowest BCUT2D eigenvalue weighted by atomic mass is 10.2. The van der Waals surface area contributed by atoms with Crippen LogP contribution in [0.4, 0.5) is 5.69 Å². The third kappa shape index (κ3) is 4.55. The van der Waals surface area contributed by atoms with Crippen molar-refractivity contribution in [3.8, 4) is 16.9 Å². The molecule has 5 aromatic rings. The Kier molecular flexibility index (Phi) is 6.67. The summed E-state index contributed by atoms with van der Waals surface area (Å²) in [5.74, 6) is 0. The van der Waals surface area contributed by atoms with Crippen LogP contribution in [-0.2, 0) is 7.05 Å². The Balaban J connectivity index is 1.73. The fourth-order valence-electron chi connectivity index (χ4n) is 3.86. The second-order valence-electron chi connectivity index (χ2n) is 8.17. The van der Waals surface area contributed by atoms with Gasteiger partial charge in [-0.2, -0.15) is 5.10 Å². The first kappa shape index (κ1) is 23.9. The molecule has 0 amide bonds. The monoisotopic (exact) mass is 558 g/mol. The lowest BCUT2D eigenvalue weighted by Gasteiger charge is -2.07. The molecule has 0 radical (unpaired) electrons. The summed E-state index contributed by atoms with van der Waals surface area (Å²) >= 11 is 4.94. The van der Waals surface area contributed by atoms with Gasteiger partial charge in [-0.25, -0.2) is 14.4 Å². The van der Waals surface area contributed by atoms with Crippen LogP contribution in [0.3, 0.4) is 0 Å². The largest absolute Gasteiger partial charge is 0.297 e. The molecule has 0 bridgehead atoms. The normalized spacial score (nSPS) is 12.3. The highest BCUT2D eigenvalue weighted by molar-refractivity contribution is 9.10. The highest BCUT2D eigenvalue weighted by atomic mass is 79.9. The van der Waals surface area contributed by atoms with Gasteiger partial charge in [0.25, 0.3) is 5.56 Å². The molecule has 7 nitrogen and oxygen atoms in total. The van der Waals surface area contributed by atoms with Gasteiger partial charge in [-0.05, 0) is 44.2 Å². The number of hydrogen-bond acceptors (Lipinski definition) is 5. The minimum absolute atomic E-state index is 0.181. The van der Waals surface area contributed by atoms with Crippen molar-refractivity contribution >= 4 is 38.7 Å². The summed E-state index contributed by atoms with van der Waals surface area (Å²) in [6.07, 6.45) is 3.51. The lowest BCUT2D eigenvalue weighted by molar-refractivity contribution is 0.630. The summed E-state index contributed by atoms with van der Waals surface area (Å²) in [5, 5.41) is 6.92. The van der Waals surface area contributed by atoms with Crippen molar-refractivity contribution in [2.24, 2.45) is 17.1 Å². The van der Waals surface area contributed by atoms with Gasteiger partial charge in [-0.1, -0.05) is 52.3 Å². The maximum Gasteiger partial charge on any atom is 0.297 e. The van der Waals surface area contributed by atoms with Gasteiger partial charge in [0.2, 0.25) is 4.80 Å². The minimum atomic E-state index is -0.181. The number of aromatic nitrogens is 4. The Morgan fingerprint density at radius 2 is 1.78 bits per heavy atom. The van der Waals surface area contributed by atoms with Gasteiger partial charge < -0.3 is 0 Å². The predicted octanol–water partition coefficient (Wildman–Crippen LogP) is 5.68. The van der Waals surface area contributed by atoms with E-state index in [0.717, 1.165) is 38.4 Å². The molecular weight excluding hydrogens is 536 g/mol. The summed E-state index contributed by atoms with van der Waals surface area (Å²) in [5.41, 5.74) is 5.32. The Morgan fingerprint density at radius 1 is 1.03 bits per heavy atom. The number of halogens is 1. The van der Waals surface area contributed by atoms with E-state index in [2.05, 4.69) is 20.9 Å². The molecule has 0 N–H and O–H groups in total. The van der Waals surface area contributed by atoms with Crippen molar-refractivity contribution in [2.75, 3.05) is 0 Å². The molecule has 5 rings (SSSR count). The van der Waals surface area contributed by atoms with Crippen LogP contribution in [0.25, 0.3) is 16.9 Å². The van der Waals surface area contributed by atoms with Crippen LogP contribution >= 0.6 is 27.3 Å². The van der Waals surface area contributed by atoms with E-state index in [0.29, 0.717) is 10.5 Å². The average molecular weight is 559 g/mol. The number of benzene rings is 2. The van der Waals surface area contributed by atoms with Gasteiger partial charge in [0.15, 0.2) is 5.69 Å². The smallest absolute Gasteiger partial charge is 0.283 e. The van der Waals surface area contributed by atoms with E-state index in [1.54, 1.807) is 21.8 Å². The van der Waals surface area contributed by atoms with Gasteiger partial charge >= 0.3 is 0 Å². The Hall–Kier alpha value is -3.82. The molecule has 0 unspecified atom stereocenters. The number of rotatable bonds is 5. The van der Waals surface area contributed by atoms with Crippen molar-refractivity contribution in [3.63, 3.8) is 0 Å². The molecule has 3 aromatic heterocycles. The molecule has 0 aliphatic rings. The summed E-state index contributed by atoms with van der Waals surface area (Å²) in [7, 11) is 1.86. The Labute approximate surface area is 220 Å². The summed E-state index contributed by atoms with van der Waals surface area (Å²) in [4.78, 5) is 23.1. The summed E-state index contributed by atoms with van der Waals surface area (Å²) < 4.78 is 6.25. The molecule has 0 aliphatic carbocycles. The maximum atomic E-state index is 13.5. The van der Waals surface area contributed by atoms with Crippen LogP contribution in [-0.4, -0.2) is 24.7 Å². The highest BCUT2D eigenvalue weighted by Gasteiger charge is 2.17. The molecule has 3 heterocycles. The van der Waals surface area contributed by atoms with Crippen LogP contribution < -0.4 is 10.4 Å². The van der Waals surface area contributed by atoms with Crippen LogP contribution in [0.1, 0.15) is 18.2 Å². The molecule has 0 fully saturated rings. The van der Waals surface area contributed by atoms with Gasteiger partial charge in [0, 0.05) is 40.4 Å². The Morgan fingerprint density at radius 3 is 2.47 bits per heavy atom. The van der Waals surface area contributed by atoms with E-state index in [-0.39, 0.29) is 5.56 Å². The number of hydrogen-bond donors (Lipinski definition) is 0. The van der Waals surface area contributed by atoms with E-state index in [9.17, 15) is 4.79 Å². The third-order valence-electron chi connectivity index (χ3n) is 5.89. The molecule has 36 heavy (non-hydrogen) atoms. The molecule has 0 spiro atoms. The first-order valence-electron chi connectivity index (χ1n) is 11.3.